The number of amides is 1. The van der Waals surface area contributed by atoms with Gasteiger partial charge in [-0.2, -0.15) is 0 Å². The predicted molar refractivity (Wildman–Crippen MR) is 64.0 cm³/mol. The first-order valence-corrected chi connectivity index (χ1v) is 6.34. The highest BCUT2D eigenvalue weighted by molar-refractivity contribution is 5.82. The molecule has 1 fully saturated rings. The highest BCUT2D eigenvalue weighted by Gasteiger charge is 2.44. The van der Waals surface area contributed by atoms with Gasteiger partial charge in [-0.15, -0.1) is 0 Å². The summed E-state index contributed by atoms with van der Waals surface area (Å²) in [6.07, 6.45) is 4.24. The Morgan fingerprint density at radius 3 is 2.88 bits per heavy atom. The minimum atomic E-state index is 0.0654. The summed E-state index contributed by atoms with van der Waals surface area (Å²) in [5.74, 6) is 0.181. The van der Waals surface area contributed by atoms with Crippen LogP contribution in [0.15, 0.2) is 0 Å². The lowest BCUT2D eigenvalue weighted by Crippen LogP contribution is -2.41. The second kappa shape index (κ2) is 6.86. The Hall–Kier alpha value is -0.610. The normalized spacial score (nSPS) is 25.2. The van der Waals surface area contributed by atoms with E-state index in [9.17, 15) is 4.79 Å². The summed E-state index contributed by atoms with van der Waals surface area (Å²) in [6.45, 7) is 5.31. The van der Waals surface area contributed by atoms with E-state index in [0.29, 0.717) is 13.2 Å². The molecule has 4 heteroatoms. The highest BCUT2D eigenvalue weighted by Crippen LogP contribution is 2.33. The van der Waals surface area contributed by atoms with Crippen LogP contribution in [-0.4, -0.2) is 31.2 Å². The summed E-state index contributed by atoms with van der Waals surface area (Å²) in [7, 11) is 0. The molecular weight excluding hydrogens is 204 g/mol. The molecule has 1 amide bonds. The van der Waals surface area contributed by atoms with Crippen LogP contribution in [0.1, 0.15) is 39.5 Å². The van der Waals surface area contributed by atoms with Gasteiger partial charge in [-0.25, -0.2) is 0 Å². The molecule has 0 spiro atoms. The van der Waals surface area contributed by atoms with Crippen molar-refractivity contribution in [3.05, 3.63) is 0 Å². The second-order valence-corrected chi connectivity index (χ2v) is 4.42. The minimum Gasteiger partial charge on any atom is -0.378 e. The van der Waals surface area contributed by atoms with Crippen LogP contribution < -0.4 is 11.1 Å². The van der Waals surface area contributed by atoms with Gasteiger partial charge < -0.3 is 15.8 Å². The maximum absolute atomic E-state index is 11.8. The number of rotatable bonds is 8. The van der Waals surface area contributed by atoms with E-state index in [1.54, 1.807) is 0 Å². The zero-order valence-electron chi connectivity index (χ0n) is 10.4. The van der Waals surface area contributed by atoms with E-state index in [2.05, 4.69) is 12.2 Å². The fourth-order valence-corrected chi connectivity index (χ4v) is 1.85. The van der Waals surface area contributed by atoms with Gasteiger partial charge in [-0.3, -0.25) is 4.79 Å². The molecule has 0 saturated heterocycles. The van der Waals surface area contributed by atoms with E-state index in [4.69, 9.17) is 10.5 Å². The van der Waals surface area contributed by atoms with Crippen molar-refractivity contribution >= 4 is 5.91 Å². The van der Waals surface area contributed by atoms with Crippen LogP contribution in [0.4, 0.5) is 0 Å². The molecule has 0 bridgehead atoms. The summed E-state index contributed by atoms with van der Waals surface area (Å²) in [4.78, 5) is 11.8. The Labute approximate surface area is 97.9 Å². The van der Waals surface area contributed by atoms with Crippen molar-refractivity contribution < 1.29 is 9.53 Å². The molecule has 4 nitrogen and oxygen atoms in total. The van der Waals surface area contributed by atoms with Crippen molar-refractivity contribution in [3.63, 3.8) is 0 Å². The standard InChI is InChI=1S/C12H24N2O2/c1-3-5-6-9(8-13)14-12(15)10-7-11(10)16-4-2/h9-11H,3-8,13H2,1-2H3,(H,14,15). The summed E-state index contributed by atoms with van der Waals surface area (Å²) in [5, 5.41) is 3.01. The Bertz CT molecular complexity index is 221. The van der Waals surface area contributed by atoms with Crippen LogP contribution in [0, 0.1) is 5.92 Å². The van der Waals surface area contributed by atoms with E-state index < -0.39 is 0 Å². The smallest absolute Gasteiger partial charge is 0.226 e. The topological polar surface area (TPSA) is 64.3 Å². The molecule has 0 aromatic heterocycles. The molecule has 0 radical (unpaired) electrons. The molecule has 1 aliphatic rings. The van der Waals surface area contributed by atoms with Crippen LogP contribution in [0.2, 0.25) is 0 Å². The third-order valence-electron chi connectivity index (χ3n) is 2.99. The number of hydrogen-bond donors (Lipinski definition) is 2. The number of ether oxygens (including phenoxy) is 1. The van der Waals surface area contributed by atoms with Gasteiger partial charge in [0.2, 0.25) is 5.91 Å². The average molecular weight is 228 g/mol. The molecule has 1 aliphatic carbocycles. The molecular formula is C12H24N2O2. The maximum Gasteiger partial charge on any atom is 0.226 e. The van der Waals surface area contributed by atoms with Crippen molar-refractivity contribution in [2.45, 2.75) is 51.7 Å². The predicted octanol–water partition coefficient (Wildman–Crippen LogP) is 1.05. The first-order chi connectivity index (χ1) is 7.72. The first kappa shape index (κ1) is 13.5. The molecule has 1 saturated carbocycles. The summed E-state index contributed by atoms with van der Waals surface area (Å²) >= 11 is 0. The van der Waals surface area contributed by atoms with Gasteiger partial charge in [0, 0.05) is 19.2 Å². The van der Waals surface area contributed by atoms with Crippen molar-refractivity contribution in [2.24, 2.45) is 11.7 Å². The largest absolute Gasteiger partial charge is 0.378 e. The number of hydrogen-bond acceptors (Lipinski definition) is 3. The average Bonchev–Trinajstić information content (AvgIpc) is 3.04. The second-order valence-electron chi connectivity index (χ2n) is 4.42. The van der Waals surface area contributed by atoms with E-state index in [0.717, 1.165) is 25.7 Å². The Balaban J connectivity index is 2.22. The van der Waals surface area contributed by atoms with Crippen LogP contribution in [0.25, 0.3) is 0 Å². The van der Waals surface area contributed by atoms with Gasteiger partial charge in [0.1, 0.15) is 0 Å². The Morgan fingerprint density at radius 1 is 1.56 bits per heavy atom. The molecule has 0 aliphatic heterocycles. The monoisotopic (exact) mass is 228 g/mol. The highest BCUT2D eigenvalue weighted by atomic mass is 16.5. The van der Waals surface area contributed by atoms with E-state index in [1.165, 1.54) is 0 Å². The zero-order valence-corrected chi connectivity index (χ0v) is 10.4. The van der Waals surface area contributed by atoms with Gasteiger partial charge in [0.25, 0.3) is 0 Å². The number of nitrogens with two attached hydrogens (primary N) is 1. The van der Waals surface area contributed by atoms with Gasteiger partial charge in [0.05, 0.1) is 12.0 Å². The molecule has 3 N–H and O–H groups in total. The number of carbonyl (C=O) groups is 1. The molecule has 16 heavy (non-hydrogen) atoms. The fraction of sp³-hybridized carbons (Fsp3) is 0.917. The summed E-state index contributed by atoms with van der Waals surface area (Å²) in [6, 6.07) is 0.135. The SMILES string of the molecule is CCCCC(CN)NC(=O)C1CC1OCC. The van der Waals surface area contributed by atoms with Crippen molar-refractivity contribution in [1.29, 1.82) is 0 Å². The van der Waals surface area contributed by atoms with Crippen molar-refractivity contribution in [2.75, 3.05) is 13.2 Å². The third-order valence-corrected chi connectivity index (χ3v) is 2.99. The lowest BCUT2D eigenvalue weighted by atomic mass is 10.1. The Kier molecular flexibility index (Phi) is 5.77. The summed E-state index contributed by atoms with van der Waals surface area (Å²) < 4.78 is 5.39. The fourth-order valence-electron chi connectivity index (χ4n) is 1.85. The van der Waals surface area contributed by atoms with Crippen LogP contribution in [0.3, 0.4) is 0 Å². The molecule has 0 heterocycles. The van der Waals surface area contributed by atoms with Crippen molar-refractivity contribution in [1.82, 2.24) is 5.32 Å². The Morgan fingerprint density at radius 2 is 2.31 bits per heavy atom. The quantitative estimate of drug-likeness (QED) is 0.652. The molecule has 1 rings (SSSR count). The molecule has 0 aromatic carbocycles. The first-order valence-electron chi connectivity index (χ1n) is 6.34. The van der Waals surface area contributed by atoms with Crippen LogP contribution in [0.5, 0.6) is 0 Å². The molecule has 0 aromatic rings. The lowest BCUT2D eigenvalue weighted by molar-refractivity contribution is -0.124. The van der Waals surface area contributed by atoms with Gasteiger partial charge in [0.15, 0.2) is 0 Å². The lowest BCUT2D eigenvalue weighted by Gasteiger charge is -2.16. The third kappa shape index (κ3) is 4.10. The minimum absolute atomic E-state index is 0.0654. The number of unbranched alkanes of at least 4 members (excludes halogenated alkanes) is 1. The number of carbonyl (C=O) groups excluding carboxylic acids is 1. The van der Waals surface area contributed by atoms with Gasteiger partial charge in [-0.1, -0.05) is 19.8 Å². The molecule has 3 unspecified atom stereocenters. The van der Waals surface area contributed by atoms with Crippen molar-refractivity contribution in [3.8, 4) is 0 Å². The van der Waals surface area contributed by atoms with Gasteiger partial charge >= 0.3 is 0 Å². The van der Waals surface area contributed by atoms with Crippen LogP contribution in [-0.2, 0) is 9.53 Å². The molecule has 94 valence electrons. The van der Waals surface area contributed by atoms with E-state index in [-0.39, 0.29) is 24.0 Å². The van der Waals surface area contributed by atoms with E-state index in [1.807, 2.05) is 6.92 Å². The maximum atomic E-state index is 11.8. The molecule has 3 atom stereocenters. The van der Waals surface area contributed by atoms with E-state index >= 15 is 0 Å². The summed E-state index contributed by atoms with van der Waals surface area (Å²) in [5.41, 5.74) is 5.63. The van der Waals surface area contributed by atoms with Gasteiger partial charge in [-0.05, 0) is 19.8 Å². The number of nitrogens with one attached hydrogen (secondary N) is 1. The zero-order chi connectivity index (χ0) is 12.0. The van der Waals surface area contributed by atoms with Crippen LogP contribution >= 0.6 is 0 Å².